The van der Waals surface area contributed by atoms with Crippen molar-refractivity contribution in [2.45, 2.75) is 25.3 Å². The lowest BCUT2D eigenvalue weighted by molar-refractivity contribution is -0.121. The molecule has 0 aliphatic heterocycles. The number of terminal acetylenes is 1. The third-order valence-corrected chi connectivity index (χ3v) is 4.16. The van der Waals surface area contributed by atoms with Crippen LogP contribution in [0.2, 0.25) is 5.02 Å². The Bertz CT molecular complexity index is 751. The first kappa shape index (κ1) is 19.2. The molecule has 0 saturated heterocycles. The fourth-order valence-corrected chi connectivity index (χ4v) is 2.64. The molecule has 3 nitrogen and oxygen atoms in total. The third-order valence-electron chi connectivity index (χ3n) is 3.62. The molecule has 2 aromatic carbocycles. The van der Waals surface area contributed by atoms with Gasteiger partial charge in [0.2, 0.25) is 5.91 Å². The van der Waals surface area contributed by atoms with E-state index < -0.39 is 0 Å². The van der Waals surface area contributed by atoms with Gasteiger partial charge in [0.1, 0.15) is 12.4 Å². The van der Waals surface area contributed by atoms with Gasteiger partial charge in [-0.15, -0.1) is 18.0 Å². The topological polar surface area (TPSA) is 38.3 Å². The number of carbonyl (C=O) groups is 1. The van der Waals surface area contributed by atoms with Crippen LogP contribution in [0, 0.1) is 12.3 Å². The van der Waals surface area contributed by atoms with Gasteiger partial charge in [-0.05, 0) is 35.7 Å². The van der Waals surface area contributed by atoms with Gasteiger partial charge in [0, 0.05) is 23.6 Å². The highest BCUT2D eigenvalue weighted by molar-refractivity contribution is 6.30. The second kappa shape index (κ2) is 9.98. The Kier molecular flexibility index (Phi) is 7.66. The lowest BCUT2D eigenvalue weighted by Gasteiger charge is -2.10. The van der Waals surface area contributed by atoms with E-state index in [0.717, 1.165) is 16.7 Å². The van der Waals surface area contributed by atoms with Gasteiger partial charge in [0.25, 0.3) is 0 Å². The van der Waals surface area contributed by atoms with Gasteiger partial charge in [-0.2, -0.15) is 0 Å². The zero-order valence-corrected chi connectivity index (χ0v) is 15.2. The van der Waals surface area contributed by atoms with Gasteiger partial charge >= 0.3 is 0 Å². The summed E-state index contributed by atoms with van der Waals surface area (Å²) in [5.74, 6) is 3.44. The summed E-state index contributed by atoms with van der Waals surface area (Å²) < 4.78 is 5.44. The second-order valence-electron chi connectivity index (χ2n) is 5.47. The average Bonchev–Trinajstić information content (AvgIpc) is 2.64. The summed E-state index contributed by atoms with van der Waals surface area (Å²) in [6, 6.07) is 13.1. The highest BCUT2D eigenvalue weighted by atomic mass is 35.5. The maximum absolute atomic E-state index is 12.0. The molecule has 0 unspecified atom stereocenters. The minimum atomic E-state index is -0.00460. The molecule has 2 aromatic rings. The average molecular weight is 376 g/mol. The van der Waals surface area contributed by atoms with Crippen LogP contribution in [0.15, 0.2) is 42.5 Å². The SMILES string of the molecule is C#CCOc1ccc(CCC(=O)NCc2ccc(Cl)cc2)cc1CCl. The molecule has 0 saturated carbocycles. The van der Waals surface area contributed by atoms with E-state index in [1.165, 1.54) is 0 Å². The predicted octanol–water partition coefficient (Wildman–Crippen LogP) is 4.34. The van der Waals surface area contributed by atoms with E-state index in [0.29, 0.717) is 36.0 Å². The van der Waals surface area contributed by atoms with Gasteiger partial charge in [-0.1, -0.05) is 41.8 Å². The molecule has 1 N–H and O–H groups in total. The first-order valence-corrected chi connectivity index (χ1v) is 8.79. The van der Waals surface area contributed by atoms with Gasteiger partial charge in [-0.3, -0.25) is 4.79 Å². The number of amides is 1. The highest BCUT2D eigenvalue weighted by Crippen LogP contribution is 2.22. The number of aryl methyl sites for hydroxylation is 1. The summed E-state index contributed by atoms with van der Waals surface area (Å²) in [4.78, 5) is 12.0. The molecule has 2 rings (SSSR count). The Balaban J connectivity index is 1.84. The third kappa shape index (κ3) is 6.34. The number of benzene rings is 2. The number of rotatable bonds is 8. The van der Waals surface area contributed by atoms with Crippen LogP contribution in [0.3, 0.4) is 0 Å². The Morgan fingerprint density at radius 3 is 2.56 bits per heavy atom. The largest absolute Gasteiger partial charge is 0.481 e. The minimum absolute atomic E-state index is 0.00460. The molecule has 1 amide bonds. The molecule has 0 fully saturated rings. The molecule has 25 heavy (non-hydrogen) atoms. The van der Waals surface area contributed by atoms with Gasteiger partial charge in [-0.25, -0.2) is 0 Å². The summed E-state index contributed by atoms with van der Waals surface area (Å²) in [6.07, 6.45) is 6.23. The zero-order chi connectivity index (χ0) is 18.1. The van der Waals surface area contributed by atoms with E-state index >= 15 is 0 Å². The molecular formula is C20H19Cl2NO2. The smallest absolute Gasteiger partial charge is 0.220 e. The molecule has 0 atom stereocenters. The minimum Gasteiger partial charge on any atom is -0.481 e. The van der Waals surface area contributed by atoms with Gasteiger partial charge in [0.05, 0.1) is 5.88 Å². The van der Waals surface area contributed by atoms with Crippen molar-refractivity contribution in [1.29, 1.82) is 0 Å². The Morgan fingerprint density at radius 2 is 1.88 bits per heavy atom. The van der Waals surface area contributed by atoms with Crippen molar-refractivity contribution in [3.63, 3.8) is 0 Å². The molecule has 0 heterocycles. The maximum atomic E-state index is 12.0. The maximum Gasteiger partial charge on any atom is 0.220 e. The van der Waals surface area contributed by atoms with Crippen LogP contribution in [0.5, 0.6) is 5.75 Å². The fourth-order valence-electron chi connectivity index (χ4n) is 2.30. The van der Waals surface area contributed by atoms with Crippen molar-refractivity contribution in [2.75, 3.05) is 6.61 Å². The van der Waals surface area contributed by atoms with Crippen LogP contribution < -0.4 is 10.1 Å². The van der Waals surface area contributed by atoms with Crippen LogP contribution in [0.25, 0.3) is 0 Å². The Hall–Kier alpha value is -2.15. The predicted molar refractivity (Wildman–Crippen MR) is 102 cm³/mol. The molecule has 0 aliphatic rings. The number of hydrogen-bond acceptors (Lipinski definition) is 2. The van der Waals surface area contributed by atoms with Crippen molar-refractivity contribution < 1.29 is 9.53 Å². The molecule has 5 heteroatoms. The van der Waals surface area contributed by atoms with E-state index in [1.807, 2.05) is 30.3 Å². The van der Waals surface area contributed by atoms with Crippen molar-refractivity contribution in [2.24, 2.45) is 0 Å². The van der Waals surface area contributed by atoms with Crippen molar-refractivity contribution >= 4 is 29.1 Å². The van der Waals surface area contributed by atoms with Crippen LogP contribution in [0.4, 0.5) is 0 Å². The van der Waals surface area contributed by atoms with Crippen molar-refractivity contribution in [3.05, 3.63) is 64.2 Å². The first-order chi connectivity index (χ1) is 12.1. The quantitative estimate of drug-likeness (QED) is 0.550. The van der Waals surface area contributed by atoms with Crippen LogP contribution in [-0.2, 0) is 23.6 Å². The molecule has 0 radical (unpaired) electrons. The monoisotopic (exact) mass is 375 g/mol. The molecule has 0 aliphatic carbocycles. The summed E-state index contributed by atoms with van der Waals surface area (Å²) >= 11 is 11.8. The Morgan fingerprint density at radius 1 is 1.16 bits per heavy atom. The van der Waals surface area contributed by atoms with Gasteiger partial charge in [0.15, 0.2) is 0 Å². The zero-order valence-electron chi connectivity index (χ0n) is 13.7. The van der Waals surface area contributed by atoms with E-state index in [9.17, 15) is 4.79 Å². The van der Waals surface area contributed by atoms with Crippen LogP contribution in [-0.4, -0.2) is 12.5 Å². The lowest BCUT2D eigenvalue weighted by Crippen LogP contribution is -2.22. The summed E-state index contributed by atoms with van der Waals surface area (Å²) in [6.45, 7) is 0.693. The molecule has 130 valence electrons. The fraction of sp³-hybridized carbons (Fsp3) is 0.250. The summed E-state index contributed by atoms with van der Waals surface area (Å²) in [7, 11) is 0. The first-order valence-electron chi connectivity index (χ1n) is 7.87. The molecule has 0 spiro atoms. The number of alkyl halides is 1. The second-order valence-corrected chi connectivity index (χ2v) is 6.18. The number of hydrogen-bond donors (Lipinski definition) is 1. The molecular weight excluding hydrogens is 357 g/mol. The van der Waals surface area contributed by atoms with E-state index in [-0.39, 0.29) is 12.5 Å². The number of halogens is 2. The number of ether oxygens (including phenoxy) is 1. The summed E-state index contributed by atoms with van der Waals surface area (Å²) in [5, 5.41) is 3.58. The number of carbonyl (C=O) groups excluding carboxylic acids is 1. The Labute approximate surface area is 158 Å². The number of nitrogens with one attached hydrogen (secondary N) is 1. The summed E-state index contributed by atoms with van der Waals surface area (Å²) in [5.41, 5.74) is 2.92. The van der Waals surface area contributed by atoms with E-state index in [1.54, 1.807) is 12.1 Å². The van der Waals surface area contributed by atoms with Crippen molar-refractivity contribution in [1.82, 2.24) is 5.32 Å². The van der Waals surface area contributed by atoms with Gasteiger partial charge < -0.3 is 10.1 Å². The van der Waals surface area contributed by atoms with Crippen LogP contribution in [0.1, 0.15) is 23.1 Å². The standard InChI is InChI=1S/C20H19Cl2NO2/c1-2-11-25-19-9-5-15(12-17(19)13-21)6-10-20(24)23-14-16-3-7-18(22)8-4-16/h1,3-5,7-9,12H,6,10-11,13-14H2,(H,23,24). The van der Waals surface area contributed by atoms with E-state index in [4.69, 9.17) is 34.4 Å². The van der Waals surface area contributed by atoms with Crippen molar-refractivity contribution in [3.8, 4) is 18.1 Å². The molecule has 0 bridgehead atoms. The lowest BCUT2D eigenvalue weighted by atomic mass is 10.1. The highest BCUT2D eigenvalue weighted by Gasteiger charge is 2.07. The van der Waals surface area contributed by atoms with E-state index in [2.05, 4.69) is 11.2 Å². The molecule has 0 aromatic heterocycles. The normalized spacial score (nSPS) is 10.1. The van der Waals surface area contributed by atoms with Crippen LogP contribution >= 0.6 is 23.2 Å².